The van der Waals surface area contributed by atoms with Crippen molar-refractivity contribution in [3.8, 4) is 0 Å². The van der Waals surface area contributed by atoms with E-state index in [2.05, 4.69) is 22.3 Å². The molecule has 0 radical (unpaired) electrons. The SMILES string of the molecule is CC1SCCSC1C(=O)Cc1nnn(C)n1. The first-order valence-electron chi connectivity index (χ1n) is 5.15. The summed E-state index contributed by atoms with van der Waals surface area (Å²) >= 11 is 3.62. The van der Waals surface area contributed by atoms with Crippen molar-refractivity contribution in [3.05, 3.63) is 5.82 Å². The third kappa shape index (κ3) is 2.76. The van der Waals surface area contributed by atoms with Crippen molar-refractivity contribution >= 4 is 29.3 Å². The number of Topliss-reactive ketones (excluding diaryl/α,β-unsaturated/α-hetero) is 1. The molecule has 1 aliphatic heterocycles. The smallest absolute Gasteiger partial charge is 0.182 e. The Labute approximate surface area is 103 Å². The molecule has 0 N–H and O–H groups in total. The van der Waals surface area contributed by atoms with Gasteiger partial charge in [0.15, 0.2) is 11.6 Å². The van der Waals surface area contributed by atoms with Gasteiger partial charge < -0.3 is 0 Å². The number of rotatable bonds is 3. The zero-order valence-electron chi connectivity index (χ0n) is 9.29. The summed E-state index contributed by atoms with van der Waals surface area (Å²) in [4.78, 5) is 13.4. The molecule has 1 saturated heterocycles. The first-order chi connectivity index (χ1) is 7.66. The van der Waals surface area contributed by atoms with Crippen molar-refractivity contribution in [2.75, 3.05) is 11.5 Å². The first-order valence-corrected chi connectivity index (χ1v) is 7.25. The maximum Gasteiger partial charge on any atom is 0.182 e. The van der Waals surface area contributed by atoms with E-state index in [1.165, 1.54) is 4.80 Å². The molecule has 0 saturated carbocycles. The summed E-state index contributed by atoms with van der Waals surface area (Å²) in [5.74, 6) is 2.94. The maximum absolute atomic E-state index is 12.0. The standard InChI is InChI=1S/C9H14N4OS2/c1-6-9(16-4-3-15-6)7(14)5-8-10-12-13(2)11-8/h6,9H,3-5H2,1-2H3. The zero-order chi connectivity index (χ0) is 11.5. The fraction of sp³-hybridized carbons (Fsp3) is 0.778. The highest BCUT2D eigenvalue weighted by Gasteiger charge is 2.29. The van der Waals surface area contributed by atoms with Crippen LogP contribution in [0.15, 0.2) is 0 Å². The molecule has 1 aromatic heterocycles. The van der Waals surface area contributed by atoms with E-state index in [-0.39, 0.29) is 11.0 Å². The van der Waals surface area contributed by atoms with Gasteiger partial charge in [0.2, 0.25) is 0 Å². The normalized spacial score (nSPS) is 25.6. The van der Waals surface area contributed by atoms with Crippen molar-refractivity contribution in [2.45, 2.75) is 23.8 Å². The fourth-order valence-electron chi connectivity index (χ4n) is 1.64. The molecule has 0 spiro atoms. The molecule has 16 heavy (non-hydrogen) atoms. The van der Waals surface area contributed by atoms with E-state index in [0.29, 0.717) is 17.5 Å². The predicted molar refractivity (Wildman–Crippen MR) is 65.7 cm³/mol. The van der Waals surface area contributed by atoms with E-state index in [4.69, 9.17) is 0 Å². The number of hydrogen-bond acceptors (Lipinski definition) is 6. The van der Waals surface area contributed by atoms with Crippen LogP contribution >= 0.6 is 23.5 Å². The summed E-state index contributed by atoms with van der Waals surface area (Å²) in [5, 5.41) is 12.1. The minimum Gasteiger partial charge on any atom is -0.298 e. The molecule has 2 heterocycles. The van der Waals surface area contributed by atoms with E-state index in [9.17, 15) is 4.79 Å². The molecule has 5 nitrogen and oxygen atoms in total. The van der Waals surface area contributed by atoms with Gasteiger partial charge in [-0.2, -0.15) is 16.6 Å². The Balaban J connectivity index is 1.96. The Morgan fingerprint density at radius 3 is 2.88 bits per heavy atom. The van der Waals surface area contributed by atoms with Crippen molar-refractivity contribution in [3.63, 3.8) is 0 Å². The van der Waals surface area contributed by atoms with Crippen LogP contribution in [-0.4, -0.2) is 48.0 Å². The molecule has 0 amide bonds. The lowest BCUT2D eigenvalue weighted by Crippen LogP contribution is -2.32. The van der Waals surface area contributed by atoms with Gasteiger partial charge in [0.1, 0.15) is 0 Å². The van der Waals surface area contributed by atoms with Crippen molar-refractivity contribution in [1.82, 2.24) is 20.2 Å². The molecule has 1 aliphatic rings. The number of hydrogen-bond donors (Lipinski definition) is 0. The highest BCUT2D eigenvalue weighted by atomic mass is 32.2. The fourth-order valence-corrected chi connectivity index (χ4v) is 4.37. The van der Waals surface area contributed by atoms with Crippen LogP contribution in [0.5, 0.6) is 0 Å². The van der Waals surface area contributed by atoms with Crippen LogP contribution in [0.1, 0.15) is 12.7 Å². The minimum absolute atomic E-state index is 0.0857. The van der Waals surface area contributed by atoms with Gasteiger partial charge in [-0.15, -0.1) is 22.0 Å². The quantitative estimate of drug-likeness (QED) is 0.789. The number of ketones is 1. The summed E-state index contributed by atoms with van der Waals surface area (Å²) in [7, 11) is 1.70. The average Bonchev–Trinajstić information content (AvgIpc) is 2.64. The second kappa shape index (κ2) is 5.18. The Morgan fingerprint density at radius 1 is 1.50 bits per heavy atom. The van der Waals surface area contributed by atoms with Gasteiger partial charge in [0, 0.05) is 16.8 Å². The third-order valence-corrected chi connectivity index (χ3v) is 5.53. The molecular weight excluding hydrogens is 244 g/mol. The maximum atomic E-state index is 12.0. The van der Waals surface area contributed by atoms with Gasteiger partial charge in [-0.3, -0.25) is 4.79 Å². The molecule has 7 heteroatoms. The van der Waals surface area contributed by atoms with E-state index in [1.807, 2.05) is 11.8 Å². The Hall–Kier alpha value is -0.560. The van der Waals surface area contributed by atoms with Gasteiger partial charge in [-0.1, -0.05) is 6.92 Å². The van der Waals surface area contributed by atoms with Crippen LogP contribution < -0.4 is 0 Å². The predicted octanol–water partition coefficient (Wildman–Crippen LogP) is 0.559. The monoisotopic (exact) mass is 258 g/mol. The summed E-state index contributed by atoms with van der Waals surface area (Å²) in [5.41, 5.74) is 0. The molecule has 88 valence electrons. The Morgan fingerprint density at radius 2 is 2.25 bits per heavy atom. The number of aryl methyl sites for hydroxylation is 1. The lowest BCUT2D eigenvalue weighted by atomic mass is 10.1. The first kappa shape index (κ1) is 11.9. The largest absolute Gasteiger partial charge is 0.298 e. The second-order valence-electron chi connectivity index (χ2n) is 3.71. The number of thioether (sulfide) groups is 2. The van der Waals surface area contributed by atoms with Crippen molar-refractivity contribution < 1.29 is 4.79 Å². The van der Waals surface area contributed by atoms with Crippen LogP contribution in [0.25, 0.3) is 0 Å². The van der Waals surface area contributed by atoms with Crippen molar-refractivity contribution in [2.24, 2.45) is 7.05 Å². The number of aromatic nitrogens is 4. The highest BCUT2D eigenvalue weighted by Crippen LogP contribution is 2.31. The molecule has 2 atom stereocenters. The van der Waals surface area contributed by atoms with Gasteiger partial charge in [-0.25, -0.2) is 0 Å². The topological polar surface area (TPSA) is 60.7 Å². The summed E-state index contributed by atoms with van der Waals surface area (Å²) in [6, 6.07) is 0. The molecule has 0 bridgehead atoms. The van der Waals surface area contributed by atoms with Gasteiger partial charge in [-0.05, 0) is 5.21 Å². The Kier molecular flexibility index (Phi) is 3.86. The summed E-state index contributed by atoms with van der Waals surface area (Å²) in [6.07, 6.45) is 0.302. The summed E-state index contributed by atoms with van der Waals surface area (Å²) < 4.78 is 0. The molecule has 2 unspecified atom stereocenters. The molecule has 0 aliphatic carbocycles. The molecule has 0 aromatic carbocycles. The van der Waals surface area contributed by atoms with Gasteiger partial charge in [0.05, 0.1) is 18.7 Å². The zero-order valence-corrected chi connectivity index (χ0v) is 10.9. The lowest BCUT2D eigenvalue weighted by Gasteiger charge is -2.26. The van der Waals surface area contributed by atoms with Crippen LogP contribution in [0, 0.1) is 0 Å². The molecule has 1 fully saturated rings. The number of tetrazole rings is 1. The number of carbonyl (C=O) groups excluding carboxylic acids is 1. The lowest BCUT2D eigenvalue weighted by molar-refractivity contribution is -0.118. The average molecular weight is 258 g/mol. The number of carbonyl (C=O) groups is 1. The molecule has 2 rings (SSSR count). The second-order valence-corrected chi connectivity index (χ2v) is 6.44. The van der Waals surface area contributed by atoms with Gasteiger partial charge >= 0.3 is 0 Å². The van der Waals surface area contributed by atoms with E-state index in [1.54, 1.807) is 18.8 Å². The van der Waals surface area contributed by atoms with Gasteiger partial charge in [0.25, 0.3) is 0 Å². The highest BCUT2D eigenvalue weighted by molar-refractivity contribution is 8.07. The molecule has 1 aromatic rings. The van der Waals surface area contributed by atoms with E-state index in [0.717, 1.165) is 11.5 Å². The Bertz CT molecular complexity index is 381. The minimum atomic E-state index is 0.0857. The van der Waals surface area contributed by atoms with Crippen LogP contribution in [0.4, 0.5) is 0 Å². The molecular formula is C9H14N4OS2. The number of nitrogens with zero attached hydrogens (tertiary/aromatic N) is 4. The van der Waals surface area contributed by atoms with Crippen molar-refractivity contribution in [1.29, 1.82) is 0 Å². The van der Waals surface area contributed by atoms with Crippen LogP contribution in [0.2, 0.25) is 0 Å². The van der Waals surface area contributed by atoms with E-state index >= 15 is 0 Å². The summed E-state index contributed by atoms with van der Waals surface area (Å²) in [6.45, 7) is 2.11. The van der Waals surface area contributed by atoms with E-state index < -0.39 is 0 Å². The third-order valence-electron chi connectivity index (χ3n) is 2.39. The van der Waals surface area contributed by atoms with Crippen LogP contribution in [0.3, 0.4) is 0 Å². The van der Waals surface area contributed by atoms with Crippen LogP contribution in [-0.2, 0) is 18.3 Å².